The normalized spacial score (nSPS) is 25.0. The Labute approximate surface area is 102 Å². The van der Waals surface area contributed by atoms with Crippen LogP contribution in [0.15, 0.2) is 6.33 Å². The van der Waals surface area contributed by atoms with Crippen molar-refractivity contribution in [3.05, 3.63) is 6.33 Å². The first-order chi connectivity index (χ1) is 8.56. The van der Waals surface area contributed by atoms with E-state index >= 15 is 0 Å². The third-order valence-electron chi connectivity index (χ3n) is 3.33. The largest absolute Gasteiger partial charge is 0.390 e. The predicted molar refractivity (Wildman–Crippen MR) is 64.4 cm³/mol. The maximum Gasteiger partial charge on any atom is 0.224 e. The zero-order valence-corrected chi connectivity index (χ0v) is 9.56. The van der Waals surface area contributed by atoms with Gasteiger partial charge in [0.25, 0.3) is 0 Å². The highest BCUT2D eigenvalue weighted by atomic mass is 16.3. The lowest BCUT2D eigenvalue weighted by molar-refractivity contribution is 0.0438. The van der Waals surface area contributed by atoms with Gasteiger partial charge in [0, 0.05) is 6.04 Å². The molecule has 1 saturated carbocycles. The Morgan fingerprint density at radius 3 is 2.50 bits per heavy atom. The van der Waals surface area contributed by atoms with Gasteiger partial charge in [0.15, 0.2) is 11.5 Å². The van der Waals surface area contributed by atoms with Crippen LogP contribution in [0.5, 0.6) is 0 Å². The first-order valence-electron chi connectivity index (χ1n) is 5.68. The average molecular weight is 250 g/mol. The van der Waals surface area contributed by atoms with E-state index in [0.29, 0.717) is 24.0 Å². The van der Waals surface area contributed by atoms with Gasteiger partial charge in [0.2, 0.25) is 5.95 Å². The fourth-order valence-electron chi connectivity index (χ4n) is 2.42. The number of rotatable bonds is 1. The van der Waals surface area contributed by atoms with Crippen molar-refractivity contribution in [2.45, 2.75) is 31.1 Å². The summed E-state index contributed by atoms with van der Waals surface area (Å²) in [5.74, 6) is 0.316. The topological polar surface area (TPSA) is 136 Å². The SMILES string of the molecule is Nc1nc(N)c2ncn(C3C[C@H](O)[C@@H](O)C3)c2n1. The number of nitrogens with two attached hydrogens (primary N) is 2. The highest BCUT2D eigenvalue weighted by molar-refractivity contribution is 5.82. The summed E-state index contributed by atoms with van der Waals surface area (Å²) in [4.78, 5) is 12.1. The van der Waals surface area contributed by atoms with Gasteiger partial charge in [0.05, 0.1) is 18.5 Å². The molecule has 0 aliphatic heterocycles. The van der Waals surface area contributed by atoms with Gasteiger partial charge in [-0.3, -0.25) is 0 Å². The number of aliphatic hydroxyl groups excluding tert-OH is 2. The van der Waals surface area contributed by atoms with Crippen LogP contribution in [-0.2, 0) is 0 Å². The molecule has 1 aliphatic rings. The summed E-state index contributed by atoms with van der Waals surface area (Å²) in [6.45, 7) is 0. The Balaban J connectivity index is 2.08. The minimum Gasteiger partial charge on any atom is -0.390 e. The fraction of sp³-hybridized carbons (Fsp3) is 0.500. The molecule has 0 aromatic carbocycles. The molecule has 0 saturated heterocycles. The highest BCUT2D eigenvalue weighted by Gasteiger charge is 2.33. The Bertz CT molecular complexity index is 587. The predicted octanol–water partition coefficient (Wildman–Crippen LogP) is -0.953. The van der Waals surface area contributed by atoms with Crippen LogP contribution in [0.1, 0.15) is 18.9 Å². The van der Waals surface area contributed by atoms with Crippen molar-refractivity contribution in [1.29, 1.82) is 0 Å². The summed E-state index contributed by atoms with van der Waals surface area (Å²) in [7, 11) is 0. The van der Waals surface area contributed by atoms with Gasteiger partial charge in [-0.25, -0.2) is 4.98 Å². The molecule has 0 radical (unpaired) electrons. The van der Waals surface area contributed by atoms with E-state index in [1.807, 2.05) is 0 Å². The van der Waals surface area contributed by atoms with Crippen molar-refractivity contribution in [2.75, 3.05) is 11.5 Å². The molecule has 8 nitrogen and oxygen atoms in total. The van der Waals surface area contributed by atoms with Crippen LogP contribution >= 0.6 is 0 Å². The van der Waals surface area contributed by atoms with E-state index < -0.39 is 12.2 Å². The summed E-state index contributed by atoms with van der Waals surface area (Å²) in [5.41, 5.74) is 12.3. The van der Waals surface area contributed by atoms with Crippen LogP contribution in [-0.4, -0.2) is 41.9 Å². The molecule has 8 heteroatoms. The molecular weight excluding hydrogens is 236 g/mol. The number of fused-ring (bicyclic) bond motifs is 1. The summed E-state index contributed by atoms with van der Waals surface area (Å²) in [6, 6.07) is -0.0614. The fourth-order valence-corrected chi connectivity index (χ4v) is 2.42. The molecule has 3 rings (SSSR count). The second kappa shape index (κ2) is 3.79. The molecule has 0 unspecified atom stereocenters. The van der Waals surface area contributed by atoms with Crippen LogP contribution in [0.4, 0.5) is 11.8 Å². The van der Waals surface area contributed by atoms with E-state index in [1.165, 1.54) is 0 Å². The smallest absolute Gasteiger partial charge is 0.224 e. The first kappa shape index (κ1) is 11.2. The highest BCUT2D eigenvalue weighted by Crippen LogP contribution is 2.32. The zero-order valence-electron chi connectivity index (χ0n) is 9.56. The van der Waals surface area contributed by atoms with Gasteiger partial charge in [-0.2, -0.15) is 9.97 Å². The number of imidazole rings is 1. The monoisotopic (exact) mass is 250 g/mol. The van der Waals surface area contributed by atoms with Crippen LogP contribution in [0.2, 0.25) is 0 Å². The quantitative estimate of drug-likeness (QED) is 0.512. The number of hydrogen-bond donors (Lipinski definition) is 4. The summed E-state index contributed by atoms with van der Waals surface area (Å²) in [6.07, 6.45) is 1.06. The minimum atomic E-state index is -0.719. The molecular formula is C10H14N6O2. The van der Waals surface area contributed by atoms with Crippen molar-refractivity contribution in [2.24, 2.45) is 0 Å². The molecule has 2 atom stereocenters. The van der Waals surface area contributed by atoms with Crippen molar-refractivity contribution < 1.29 is 10.2 Å². The molecule has 0 spiro atoms. The minimum absolute atomic E-state index is 0.0614. The Morgan fingerprint density at radius 1 is 1.17 bits per heavy atom. The van der Waals surface area contributed by atoms with Crippen LogP contribution < -0.4 is 11.5 Å². The number of aliphatic hydroxyl groups is 2. The summed E-state index contributed by atoms with van der Waals surface area (Å²) >= 11 is 0. The number of anilines is 2. The van der Waals surface area contributed by atoms with Gasteiger partial charge >= 0.3 is 0 Å². The van der Waals surface area contributed by atoms with Gasteiger partial charge in [-0.1, -0.05) is 0 Å². The maximum absolute atomic E-state index is 9.58. The van der Waals surface area contributed by atoms with Crippen LogP contribution in [0, 0.1) is 0 Å². The van der Waals surface area contributed by atoms with Crippen molar-refractivity contribution in [3.8, 4) is 0 Å². The molecule has 2 aromatic heterocycles. The van der Waals surface area contributed by atoms with E-state index in [9.17, 15) is 10.2 Å². The maximum atomic E-state index is 9.58. The van der Waals surface area contributed by atoms with E-state index in [-0.39, 0.29) is 17.8 Å². The van der Waals surface area contributed by atoms with E-state index in [0.717, 1.165) is 0 Å². The summed E-state index contributed by atoms with van der Waals surface area (Å²) < 4.78 is 1.78. The van der Waals surface area contributed by atoms with Crippen molar-refractivity contribution in [1.82, 2.24) is 19.5 Å². The number of nitrogens with zero attached hydrogens (tertiary/aromatic N) is 4. The molecule has 1 fully saturated rings. The molecule has 18 heavy (non-hydrogen) atoms. The third-order valence-corrected chi connectivity index (χ3v) is 3.33. The second-order valence-electron chi connectivity index (χ2n) is 4.55. The van der Waals surface area contributed by atoms with Gasteiger partial charge < -0.3 is 26.2 Å². The Kier molecular flexibility index (Phi) is 2.35. The van der Waals surface area contributed by atoms with E-state index in [4.69, 9.17) is 11.5 Å². The number of aromatic nitrogens is 4. The Hall–Kier alpha value is -1.93. The number of hydrogen-bond acceptors (Lipinski definition) is 7. The standard InChI is InChI=1S/C10H14N6O2/c11-8-7-9(15-10(12)14-8)16(3-13-7)4-1-5(17)6(18)2-4/h3-6,17-18H,1-2H2,(H4,11,12,14,15)/t5-,6-/m0/s1. The molecule has 0 bridgehead atoms. The molecule has 0 amide bonds. The van der Waals surface area contributed by atoms with E-state index in [1.54, 1.807) is 10.9 Å². The lowest BCUT2D eigenvalue weighted by Crippen LogP contribution is -2.17. The second-order valence-corrected chi connectivity index (χ2v) is 4.55. The lowest BCUT2D eigenvalue weighted by atomic mass is 10.2. The van der Waals surface area contributed by atoms with Crippen LogP contribution in [0.3, 0.4) is 0 Å². The molecule has 1 aliphatic carbocycles. The van der Waals surface area contributed by atoms with E-state index in [2.05, 4.69) is 15.0 Å². The lowest BCUT2D eigenvalue weighted by Gasteiger charge is -2.11. The third kappa shape index (κ3) is 1.57. The molecule has 96 valence electrons. The zero-order chi connectivity index (χ0) is 12.9. The first-order valence-corrected chi connectivity index (χ1v) is 5.68. The van der Waals surface area contributed by atoms with Gasteiger partial charge in [0.1, 0.15) is 5.52 Å². The average Bonchev–Trinajstić information content (AvgIpc) is 2.83. The van der Waals surface area contributed by atoms with Crippen LogP contribution in [0.25, 0.3) is 11.2 Å². The number of nitrogen functional groups attached to an aromatic ring is 2. The van der Waals surface area contributed by atoms with Gasteiger partial charge in [-0.05, 0) is 12.8 Å². The summed E-state index contributed by atoms with van der Waals surface area (Å²) in [5, 5.41) is 19.2. The molecule has 6 N–H and O–H groups in total. The molecule has 2 aromatic rings. The van der Waals surface area contributed by atoms with Gasteiger partial charge in [-0.15, -0.1) is 0 Å². The van der Waals surface area contributed by atoms with Crippen molar-refractivity contribution >= 4 is 22.9 Å². The Morgan fingerprint density at radius 2 is 1.83 bits per heavy atom. The molecule has 2 heterocycles. The van der Waals surface area contributed by atoms with Crippen molar-refractivity contribution in [3.63, 3.8) is 0 Å².